The summed E-state index contributed by atoms with van der Waals surface area (Å²) in [5.41, 5.74) is 3.16. The number of carbonyl (C=O) groups excluding carboxylic acids is 1. The van der Waals surface area contributed by atoms with Crippen molar-refractivity contribution in [3.63, 3.8) is 0 Å². The van der Waals surface area contributed by atoms with Gasteiger partial charge < -0.3 is 4.90 Å². The van der Waals surface area contributed by atoms with Gasteiger partial charge in [-0.3, -0.25) is 4.79 Å². The van der Waals surface area contributed by atoms with Crippen molar-refractivity contribution in [1.82, 2.24) is 14.9 Å². The fraction of sp³-hybridized carbons (Fsp3) is 0.267. The maximum Gasteiger partial charge on any atom is 0.222 e. The summed E-state index contributed by atoms with van der Waals surface area (Å²) in [6.07, 6.45) is 4.66. The zero-order valence-electron chi connectivity index (χ0n) is 11.1. The van der Waals surface area contributed by atoms with Gasteiger partial charge in [0, 0.05) is 37.2 Å². The molecular formula is C15H14ClN3O. The fourth-order valence-corrected chi connectivity index (χ4v) is 2.63. The van der Waals surface area contributed by atoms with Crippen molar-refractivity contribution in [2.45, 2.75) is 13.3 Å². The number of para-hydroxylation sites is 1. The number of nitrogens with zero attached hydrogens (tertiary/aromatic N) is 3. The topological polar surface area (TPSA) is 46.1 Å². The average molecular weight is 288 g/mol. The van der Waals surface area contributed by atoms with Gasteiger partial charge in [-0.25, -0.2) is 9.97 Å². The largest absolute Gasteiger partial charge is 0.339 e. The van der Waals surface area contributed by atoms with Gasteiger partial charge in [0.15, 0.2) is 0 Å². The van der Waals surface area contributed by atoms with Crippen LogP contribution in [0.25, 0.3) is 16.5 Å². The van der Waals surface area contributed by atoms with Crippen molar-refractivity contribution in [1.29, 1.82) is 0 Å². The van der Waals surface area contributed by atoms with Gasteiger partial charge in [-0.05, 0) is 23.6 Å². The molecule has 1 aromatic heterocycles. The van der Waals surface area contributed by atoms with E-state index < -0.39 is 0 Å². The van der Waals surface area contributed by atoms with E-state index >= 15 is 0 Å². The molecule has 0 spiro atoms. The minimum absolute atomic E-state index is 0.114. The average Bonchev–Trinajstić information content (AvgIpc) is 2.46. The number of hydrogen-bond donors (Lipinski definition) is 0. The Bertz CT molecular complexity index is 711. The monoisotopic (exact) mass is 287 g/mol. The Balaban J connectivity index is 2.03. The van der Waals surface area contributed by atoms with Crippen molar-refractivity contribution < 1.29 is 4.79 Å². The maximum absolute atomic E-state index is 11.4. The van der Waals surface area contributed by atoms with Gasteiger partial charge in [-0.1, -0.05) is 24.3 Å². The lowest BCUT2D eigenvalue weighted by atomic mass is 9.97. The molecule has 1 amide bonds. The van der Waals surface area contributed by atoms with Crippen molar-refractivity contribution in [2.24, 2.45) is 0 Å². The number of fused-ring (bicyclic) bond motifs is 1. The van der Waals surface area contributed by atoms with E-state index in [2.05, 4.69) is 16.0 Å². The summed E-state index contributed by atoms with van der Waals surface area (Å²) in [4.78, 5) is 21.5. The third-order valence-electron chi connectivity index (χ3n) is 3.58. The van der Waals surface area contributed by atoms with Crippen LogP contribution in [0.2, 0.25) is 5.28 Å². The molecular weight excluding hydrogens is 274 g/mol. The van der Waals surface area contributed by atoms with Crippen LogP contribution in [0.5, 0.6) is 0 Å². The molecule has 1 aliphatic rings. The first-order valence-electron chi connectivity index (χ1n) is 6.51. The van der Waals surface area contributed by atoms with Gasteiger partial charge in [0.05, 0.1) is 5.52 Å². The number of hydrogen-bond acceptors (Lipinski definition) is 3. The smallest absolute Gasteiger partial charge is 0.222 e. The van der Waals surface area contributed by atoms with Crippen molar-refractivity contribution in [2.75, 3.05) is 13.1 Å². The second-order valence-corrected chi connectivity index (χ2v) is 5.16. The van der Waals surface area contributed by atoms with Crippen LogP contribution in [0.15, 0.2) is 30.5 Å². The van der Waals surface area contributed by atoms with Crippen molar-refractivity contribution in [3.8, 4) is 0 Å². The molecule has 0 aliphatic carbocycles. The molecule has 102 valence electrons. The van der Waals surface area contributed by atoms with E-state index in [1.807, 2.05) is 23.1 Å². The van der Waals surface area contributed by atoms with Crippen LogP contribution < -0.4 is 0 Å². The molecule has 0 saturated heterocycles. The van der Waals surface area contributed by atoms with Crippen molar-refractivity contribution in [3.05, 3.63) is 41.3 Å². The normalized spacial score (nSPS) is 15.3. The summed E-state index contributed by atoms with van der Waals surface area (Å²) in [5.74, 6) is 0.114. The minimum atomic E-state index is 0.114. The Morgan fingerprint density at radius 3 is 2.95 bits per heavy atom. The Hall–Kier alpha value is -1.94. The highest BCUT2D eigenvalue weighted by atomic mass is 35.5. The van der Waals surface area contributed by atoms with Crippen LogP contribution in [-0.4, -0.2) is 33.9 Å². The van der Waals surface area contributed by atoms with E-state index in [-0.39, 0.29) is 11.2 Å². The van der Waals surface area contributed by atoms with Gasteiger partial charge in [0.25, 0.3) is 0 Å². The molecule has 0 unspecified atom stereocenters. The fourth-order valence-electron chi connectivity index (χ4n) is 2.49. The number of carbonyl (C=O) groups is 1. The molecule has 0 bridgehead atoms. The first kappa shape index (κ1) is 13.1. The summed E-state index contributed by atoms with van der Waals surface area (Å²) < 4.78 is 0. The van der Waals surface area contributed by atoms with E-state index in [1.165, 1.54) is 5.57 Å². The zero-order valence-corrected chi connectivity index (χ0v) is 11.9. The molecule has 20 heavy (non-hydrogen) atoms. The highest BCUT2D eigenvalue weighted by Crippen LogP contribution is 2.28. The van der Waals surface area contributed by atoms with E-state index in [1.54, 1.807) is 13.1 Å². The predicted molar refractivity (Wildman–Crippen MR) is 79.4 cm³/mol. The summed E-state index contributed by atoms with van der Waals surface area (Å²) in [6.45, 7) is 3.00. The summed E-state index contributed by atoms with van der Waals surface area (Å²) in [6, 6.07) is 6.01. The third-order valence-corrected chi connectivity index (χ3v) is 3.76. The summed E-state index contributed by atoms with van der Waals surface area (Å²) >= 11 is 5.90. The molecule has 0 radical (unpaired) electrons. The molecule has 0 atom stereocenters. The molecule has 4 nitrogen and oxygen atoms in total. The Labute approximate surface area is 122 Å². The molecule has 0 N–H and O–H groups in total. The lowest BCUT2D eigenvalue weighted by Gasteiger charge is -2.25. The molecule has 2 heterocycles. The van der Waals surface area contributed by atoms with Gasteiger partial charge in [0.1, 0.15) is 0 Å². The molecule has 0 fully saturated rings. The number of amides is 1. The second-order valence-electron chi connectivity index (χ2n) is 4.83. The summed E-state index contributed by atoms with van der Waals surface area (Å²) in [5, 5.41) is 1.23. The standard InChI is InChI=1S/C15H14ClN3O/c1-10(20)19-7-5-11(6-8-19)13-4-2-3-12-9-17-15(16)18-14(12)13/h2-5,9H,6-8H2,1H3. The number of benzene rings is 1. The SMILES string of the molecule is CC(=O)N1CC=C(c2cccc3cnc(Cl)nc23)CC1. The quantitative estimate of drug-likeness (QED) is 0.758. The number of halogens is 1. The van der Waals surface area contributed by atoms with Gasteiger partial charge >= 0.3 is 0 Å². The number of aromatic nitrogens is 2. The van der Waals surface area contributed by atoms with E-state index in [0.29, 0.717) is 6.54 Å². The van der Waals surface area contributed by atoms with Gasteiger partial charge in [0.2, 0.25) is 11.2 Å². The third kappa shape index (κ3) is 2.39. The first-order chi connectivity index (χ1) is 9.65. The lowest BCUT2D eigenvalue weighted by molar-refractivity contribution is -0.128. The highest BCUT2D eigenvalue weighted by molar-refractivity contribution is 6.28. The maximum atomic E-state index is 11.4. The minimum Gasteiger partial charge on any atom is -0.339 e. The Kier molecular flexibility index (Phi) is 3.40. The molecule has 3 rings (SSSR count). The molecule has 0 saturated carbocycles. The van der Waals surface area contributed by atoms with E-state index in [4.69, 9.17) is 11.6 Å². The Morgan fingerprint density at radius 1 is 1.40 bits per heavy atom. The van der Waals surface area contributed by atoms with Crippen LogP contribution in [0.4, 0.5) is 0 Å². The van der Waals surface area contributed by atoms with Crippen LogP contribution in [0, 0.1) is 0 Å². The Morgan fingerprint density at radius 2 is 2.25 bits per heavy atom. The van der Waals surface area contributed by atoms with Crippen LogP contribution in [-0.2, 0) is 4.79 Å². The molecule has 1 aromatic carbocycles. The van der Waals surface area contributed by atoms with Crippen LogP contribution in [0.1, 0.15) is 18.9 Å². The molecule has 2 aromatic rings. The van der Waals surface area contributed by atoms with E-state index in [9.17, 15) is 4.79 Å². The van der Waals surface area contributed by atoms with Crippen LogP contribution >= 0.6 is 11.6 Å². The lowest BCUT2D eigenvalue weighted by Crippen LogP contribution is -2.32. The highest BCUT2D eigenvalue weighted by Gasteiger charge is 2.16. The van der Waals surface area contributed by atoms with Gasteiger partial charge in [-0.15, -0.1) is 0 Å². The molecule has 1 aliphatic heterocycles. The number of rotatable bonds is 1. The van der Waals surface area contributed by atoms with E-state index in [0.717, 1.165) is 29.4 Å². The summed E-state index contributed by atoms with van der Waals surface area (Å²) in [7, 11) is 0. The second kappa shape index (κ2) is 5.21. The van der Waals surface area contributed by atoms with Crippen LogP contribution in [0.3, 0.4) is 0 Å². The molecule has 5 heteroatoms. The van der Waals surface area contributed by atoms with Gasteiger partial charge in [-0.2, -0.15) is 0 Å². The van der Waals surface area contributed by atoms with Crippen molar-refractivity contribution >= 4 is 34.0 Å². The predicted octanol–water partition coefficient (Wildman–Crippen LogP) is 2.92. The zero-order chi connectivity index (χ0) is 14.1. The first-order valence-corrected chi connectivity index (χ1v) is 6.89.